The van der Waals surface area contributed by atoms with Gasteiger partial charge in [0.05, 0.1) is 0 Å². The number of ketones is 1. The van der Waals surface area contributed by atoms with Crippen molar-refractivity contribution in [3.8, 4) is 0 Å². The van der Waals surface area contributed by atoms with Gasteiger partial charge in [0.15, 0.2) is 0 Å². The summed E-state index contributed by atoms with van der Waals surface area (Å²) in [5.74, 6) is 1.01. The maximum Gasteiger partial charge on any atom is 0.136 e. The molecule has 0 aromatic carbocycles. The van der Waals surface area contributed by atoms with E-state index in [1.54, 1.807) is 0 Å². The Balaban J connectivity index is 2.49. The van der Waals surface area contributed by atoms with Gasteiger partial charge in [0.2, 0.25) is 0 Å². The van der Waals surface area contributed by atoms with Gasteiger partial charge in [-0.2, -0.15) is 0 Å². The summed E-state index contributed by atoms with van der Waals surface area (Å²) >= 11 is 0. The highest BCUT2D eigenvalue weighted by molar-refractivity contribution is 5.81. The smallest absolute Gasteiger partial charge is 0.136 e. The molecular weight excluding hydrogens is 224 g/mol. The summed E-state index contributed by atoms with van der Waals surface area (Å²) in [4.78, 5) is 12.3. The van der Waals surface area contributed by atoms with Gasteiger partial charge in [-0.15, -0.1) is 0 Å². The van der Waals surface area contributed by atoms with E-state index in [1.807, 2.05) is 0 Å². The van der Waals surface area contributed by atoms with E-state index >= 15 is 0 Å². The molecule has 2 unspecified atom stereocenters. The van der Waals surface area contributed by atoms with Gasteiger partial charge in [0.1, 0.15) is 5.78 Å². The summed E-state index contributed by atoms with van der Waals surface area (Å²) in [7, 11) is 0. The highest BCUT2D eigenvalue weighted by atomic mass is 16.3. The molecule has 0 spiro atoms. The Morgan fingerprint density at radius 1 is 1.06 bits per heavy atom. The summed E-state index contributed by atoms with van der Waals surface area (Å²) in [5.41, 5.74) is 0. The predicted molar refractivity (Wildman–Crippen MR) is 75.5 cm³/mol. The van der Waals surface area contributed by atoms with E-state index in [-0.39, 0.29) is 12.5 Å². The molecule has 0 amide bonds. The lowest BCUT2D eigenvalue weighted by atomic mass is 9.81. The van der Waals surface area contributed by atoms with Crippen molar-refractivity contribution >= 4 is 5.78 Å². The van der Waals surface area contributed by atoms with Crippen LogP contribution in [0.1, 0.15) is 77.6 Å². The Hall–Kier alpha value is -0.370. The second kappa shape index (κ2) is 9.55. The molecule has 0 heterocycles. The molecule has 1 saturated carbocycles. The zero-order chi connectivity index (χ0) is 13.2. The molecule has 2 heteroatoms. The van der Waals surface area contributed by atoms with Gasteiger partial charge >= 0.3 is 0 Å². The molecule has 0 bridgehead atoms. The normalized spacial score (nSPS) is 26.1. The Kier molecular flexibility index (Phi) is 8.32. The lowest BCUT2D eigenvalue weighted by Gasteiger charge is -2.23. The molecule has 2 atom stereocenters. The number of rotatable bonds is 3. The van der Waals surface area contributed by atoms with Crippen molar-refractivity contribution in [2.75, 3.05) is 6.61 Å². The van der Waals surface area contributed by atoms with Crippen molar-refractivity contribution in [1.82, 2.24) is 0 Å². The molecule has 0 aliphatic heterocycles. The summed E-state index contributed by atoms with van der Waals surface area (Å²) in [6.45, 7) is 2.34. The first kappa shape index (κ1) is 15.7. The molecule has 1 aliphatic carbocycles. The van der Waals surface area contributed by atoms with Crippen molar-refractivity contribution in [2.45, 2.75) is 77.6 Å². The Morgan fingerprint density at radius 2 is 1.61 bits per heavy atom. The van der Waals surface area contributed by atoms with E-state index in [1.165, 1.54) is 44.9 Å². The van der Waals surface area contributed by atoms with Crippen LogP contribution in [-0.4, -0.2) is 17.5 Å². The van der Waals surface area contributed by atoms with E-state index in [4.69, 9.17) is 5.11 Å². The number of aliphatic hydroxyl groups excluding tert-OH is 1. The van der Waals surface area contributed by atoms with Crippen LogP contribution in [0.5, 0.6) is 0 Å². The number of aliphatic hydroxyl groups is 1. The number of hydrogen-bond donors (Lipinski definition) is 1. The SMILES string of the molecule is CC(CCO)C1CCCCCCCCCCC1=O. The molecule has 0 aromatic rings. The quantitative estimate of drug-likeness (QED) is 0.823. The third-order valence-electron chi connectivity index (χ3n) is 4.37. The van der Waals surface area contributed by atoms with Crippen LogP contribution >= 0.6 is 0 Å². The molecular formula is C16H30O2. The van der Waals surface area contributed by atoms with Crippen LogP contribution in [0.3, 0.4) is 0 Å². The van der Waals surface area contributed by atoms with Crippen molar-refractivity contribution in [3.05, 3.63) is 0 Å². The zero-order valence-electron chi connectivity index (χ0n) is 12.0. The van der Waals surface area contributed by atoms with Gasteiger partial charge in [0, 0.05) is 18.9 Å². The van der Waals surface area contributed by atoms with Gasteiger partial charge in [0.25, 0.3) is 0 Å². The third-order valence-corrected chi connectivity index (χ3v) is 4.37. The standard InChI is InChI=1S/C16H30O2/c1-14(12-13-17)15-10-8-6-4-2-3-5-7-9-11-16(15)18/h14-15,17H,2-13H2,1H3. The number of carbonyl (C=O) groups excluding carboxylic acids is 1. The highest BCUT2D eigenvalue weighted by Gasteiger charge is 2.23. The zero-order valence-corrected chi connectivity index (χ0v) is 12.0. The van der Waals surface area contributed by atoms with Gasteiger partial charge in [-0.1, -0.05) is 51.9 Å². The van der Waals surface area contributed by atoms with E-state index in [9.17, 15) is 4.79 Å². The van der Waals surface area contributed by atoms with E-state index < -0.39 is 0 Å². The highest BCUT2D eigenvalue weighted by Crippen LogP contribution is 2.26. The van der Waals surface area contributed by atoms with Crippen LogP contribution in [-0.2, 0) is 4.79 Å². The Labute approximate surface area is 112 Å². The van der Waals surface area contributed by atoms with Crippen molar-refractivity contribution in [2.24, 2.45) is 11.8 Å². The third kappa shape index (κ3) is 5.99. The second-order valence-corrected chi connectivity index (χ2v) is 5.93. The van der Waals surface area contributed by atoms with Gasteiger partial charge in [-0.05, 0) is 25.2 Å². The average Bonchev–Trinajstić information content (AvgIpc) is 2.34. The minimum absolute atomic E-state index is 0.205. The molecule has 1 aliphatic rings. The number of hydrogen-bond acceptors (Lipinski definition) is 2. The van der Waals surface area contributed by atoms with E-state index in [0.717, 1.165) is 25.7 Å². The maximum absolute atomic E-state index is 12.3. The first-order valence-electron chi connectivity index (χ1n) is 7.89. The minimum atomic E-state index is 0.205. The van der Waals surface area contributed by atoms with Crippen LogP contribution in [0.2, 0.25) is 0 Å². The molecule has 18 heavy (non-hydrogen) atoms. The van der Waals surface area contributed by atoms with Gasteiger partial charge in [-0.3, -0.25) is 4.79 Å². The van der Waals surface area contributed by atoms with Crippen LogP contribution in [0.4, 0.5) is 0 Å². The van der Waals surface area contributed by atoms with Crippen LogP contribution in [0.15, 0.2) is 0 Å². The lowest BCUT2D eigenvalue weighted by molar-refractivity contribution is -0.125. The minimum Gasteiger partial charge on any atom is -0.396 e. The van der Waals surface area contributed by atoms with Crippen LogP contribution in [0, 0.1) is 11.8 Å². The summed E-state index contributed by atoms with van der Waals surface area (Å²) in [6, 6.07) is 0. The van der Waals surface area contributed by atoms with Crippen LogP contribution in [0.25, 0.3) is 0 Å². The molecule has 1 rings (SSSR count). The molecule has 1 fully saturated rings. The molecule has 0 radical (unpaired) electrons. The van der Waals surface area contributed by atoms with E-state index in [2.05, 4.69) is 6.92 Å². The monoisotopic (exact) mass is 254 g/mol. The topological polar surface area (TPSA) is 37.3 Å². The first-order valence-corrected chi connectivity index (χ1v) is 7.89. The number of Topliss-reactive ketones (excluding diaryl/α,β-unsaturated/α-hetero) is 1. The molecule has 106 valence electrons. The maximum atomic E-state index is 12.3. The molecule has 2 nitrogen and oxygen atoms in total. The lowest BCUT2D eigenvalue weighted by Crippen LogP contribution is -2.23. The fourth-order valence-corrected chi connectivity index (χ4v) is 3.08. The molecule has 0 aromatic heterocycles. The fourth-order valence-electron chi connectivity index (χ4n) is 3.08. The van der Waals surface area contributed by atoms with E-state index in [0.29, 0.717) is 11.7 Å². The van der Waals surface area contributed by atoms with Crippen molar-refractivity contribution < 1.29 is 9.90 Å². The molecule has 1 N–H and O–H groups in total. The average molecular weight is 254 g/mol. The Bertz CT molecular complexity index is 225. The fraction of sp³-hybridized carbons (Fsp3) is 0.938. The summed E-state index contributed by atoms with van der Waals surface area (Å²) in [6.07, 6.45) is 12.7. The first-order chi connectivity index (χ1) is 8.75. The van der Waals surface area contributed by atoms with Crippen molar-refractivity contribution in [3.63, 3.8) is 0 Å². The largest absolute Gasteiger partial charge is 0.396 e. The van der Waals surface area contributed by atoms with Crippen LogP contribution < -0.4 is 0 Å². The molecule has 0 saturated heterocycles. The number of carbonyl (C=O) groups is 1. The van der Waals surface area contributed by atoms with Gasteiger partial charge in [-0.25, -0.2) is 0 Å². The second-order valence-electron chi connectivity index (χ2n) is 5.93. The summed E-state index contributed by atoms with van der Waals surface area (Å²) in [5, 5.41) is 9.05. The van der Waals surface area contributed by atoms with Crippen molar-refractivity contribution in [1.29, 1.82) is 0 Å². The Morgan fingerprint density at radius 3 is 2.22 bits per heavy atom. The summed E-state index contributed by atoms with van der Waals surface area (Å²) < 4.78 is 0. The van der Waals surface area contributed by atoms with Gasteiger partial charge < -0.3 is 5.11 Å². The predicted octanol–water partition coefficient (Wildman–Crippen LogP) is 4.10.